The standard InChI is InChI=1S/C21H25N3O2S/c1-15-4-5-17(9-8-16-6-7-16)10-18(15)27-19-11-24(23-22-19)12-20-25-13-21(2,3)14-26-20/h4-5,10-11,16,20H,6-7,12-14H2,1-3H3. The Balaban J connectivity index is 1.39. The number of hydrogen-bond acceptors (Lipinski definition) is 5. The van der Waals surface area contributed by atoms with Gasteiger partial charge in [0.1, 0.15) is 5.03 Å². The van der Waals surface area contributed by atoms with Crippen LogP contribution in [0.4, 0.5) is 0 Å². The molecule has 0 radical (unpaired) electrons. The Morgan fingerprint density at radius 2 is 2.04 bits per heavy atom. The van der Waals surface area contributed by atoms with E-state index in [0.717, 1.165) is 15.5 Å². The van der Waals surface area contributed by atoms with Gasteiger partial charge in [0.05, 0.1) is 26.0 Å². The van der Waals surface area contributed by atoms with Gasteiger partial charge >= 0.3 is 0 Å². The van der Waals surface area contributed by atoms with Crippen molar-refractivity contribution < 1.29 is 9.47 Å². The van der Waals surface area contributed by atoms with Crippen LogP contribution in [0, 0.1) is 30.1 Å². The molecule has 0 N–H and O–H groups in total. The lowest BCUT2D eigenvalue weighted by Crippen LogP contribution is -2.39. The fourth-order valence-corrected chi connectivity index (χ4v) is 3.61. The summed E-state index contributed by atoms with van der Waals surface area (Å²) in [7, 11) is 0. The number of ether oxygens (including phenoxy) is 2. The van der Waals surface area contributed by atoms with Crippen LogP contribution in [-0.2, 0) is 16.0 Å². The van der Waals surface area contributed by atoms with Gasteiger partial charge in [-0.3, -0.25) is 0 Å². The van der Waals surface area contributed by atoms with E-state index in [1.54, 1.807) is 16.4 Å². The number of hydrogen-bond donors (Lipinski definition) is 0. The average Bonchev–Trinajstić information content (AvgIpc) is 3.37. The van der Waals surface area contributed by atoms with Gasteiger partial charge in [-0.25, -0.2) is 4.68 Å². The highest BCUT2D eigenvalue weighted by Gasteiger charge is 2.28. The van der Waals surface area contributed by atoms with Crippen LogP contribution in [-0.4, -0.2) is 34.5 Å². The van der Waals surface area contributed by atoms with Crippen LogP contribution in [0.5, 0.6) is 0 Å². The molecule has 27 heavy (non-hydrogen) atoms. The minimum Gasteiger partial charge on any atom is -0.350 e. The normalized spacial score (nSPS) is 19.5. The highest BCUT2D eigenvalue weighted by atomic mass is 32.2. The van der Waals surface area contributed by atoms with Crippen LogP contribution in [0.2, 0.25) is 0 Å². The quantitative estimate of drug-likeness (QED) is 0.750. The van der Waals surface area contributed by atoms with E-state index < -0.39 is 0 Å². The molecule has 1 saturated heterocycles. The summed E-state index contributed by atoms with van der Waals surface area (Å²) in [5.74, 6) is 7.22. The highest BCUT2D eigenvalue weighted by molar-refractivity contribution is 7.99. The fourth-order valence-electron chi connectivity index (χ4n) is 2.72. The number of aromatic nitrogens is 3. The first-order valence-corrected chi connectivity index (χ1v) is 10.2. The molecule has 0 atom stereocenters. The van der Waals surface area contributed by atoms with Gasteiger partial charge < -0.3 is 9.47 Å². The third kappa shape index (κ3) is 5.13. The predicted molar refractivity (Wildman–Crippen MR) is 104 cm³/mol. The molecule has 1 aromatic heterocycles. The molecule has 6 heteroatoms. The molecule has 0 amide bonds. The van der Waals surface area contributed by atoms with Crippen molar-refractivity contribution in [1.29, 1.82) is 0 Å². The van der Waals surface area contributed by atoms with Crippen LogP contribution in [0.3, 0.4) is 0 Å². The second-order valence-corrected chi connectivity index (χ2v) is 9.18. The van der Waals surface area contributed by atoms with Crippen LogP contribution in [0.15, 0.2) is 34.3 Å². The summed E-state index contributed by atoms with van der Waals surface area (Å²) in [6.45, 7) is 8.33. The monoisotopic (exact) mass is 383 g/mol. The molecule has 5 nitrogen and oxygen atoms in total. The molecule has 1 aliphatic carbocycles. The van der Waals surface area contributed by atoms with Gasteiger partial charge in [0.15, 0.2) is 6.29 Å². The molecular weight excluding hydrogens is 358 g/mol. The Kier molecular flexibility index (Phi) is 5.27. The lowest BCUT2D eigenvalue weighted by molar-refractivity contribution is -0.227. The number of benzene rings is 1. The van der Waals surface area contributed by atoms with Crippen molar-refractivity contribution in [3.05, 3.63) is 35.5 Å². The maximum Gasteiger partial charge on any atom is 0.177 e. The van der Waals surface area contributed by atoms with Crippen LogP contribution < -0.4 is 0 Å². The maximum absolute atomic E-state index is 5.78. The molecule has 2 aromatic rings. The van der Waals surface area contributed by atoms with E-state index >= 15 is 0 Å². The summed E-state index contributed by atoms with van der Waals surface area (Å²) in [6.07, 6.45) is 4.17. The summed E-state index contributed by atoms with van der Waals surface area (Å²) in [5, 5.41) is 9.37. The van der Waals surface area contributed by atoms with Crippen molar-refractivity contribution in [2.75, 3.05) is 13.2 Å². The lowest BCUT2D eigenvalue weighted by Gasteiger charge is -2.34. The van der Waals surface area contributed by atoms with Gasteiger partial charge in [0.25, 0.3) is 0 Å². The molecule has 1 saturated carbocycles. The second-order valence-electron chi connectivity index (χ2n) is 8.12. The third-order valence-electron chi connectivity index (χ3n) is 4.57. The minimum atomic E-state index is -0.264. The zero-order valence-electron chi connectivity index (χ0n) is 16.1. The summed E-state index contributed by atoms with van der Waals surface area (Å²) < 4.78 is 13.3. The van der Waals surface area contributed by atoms with Crippen molar-refractivity contribution in [3.8, 4) is 11.8 Å². The topological polar surface area (TPSA) is 49.2 Å². The van der Waals surface area contributed by atoms with Crippen molar-refractivity contribution in [3.63, 3.8) is 0 Å². The zero-order chi connectivity index (χ0) is 18.9. The number of aryl methyl sites for hydroxylation is 1. The largest absolute Gasteiger partial charge is 0.350 e. The summed E-state index contributed by atoms with van der Waals surface area (Å²) in [5.41, 5.74) is 2.35. The molecule has 0 spiro atoms. The van der Waals surface area contributed by atoms with Crippen molar-refractivity contribution >= 4 is 11.8 Å². The van der Waals surface area contributed by atoms with Crippen molar-refractivity contribution in [2.45, 2.75) is 56.4 Å². The lowest BCUT2D eigenvalue weighted by atomic mass is 9.96. The fraction of sp³-hybridized carbons (Fsp3) is 0.524. The molecule has 2 heterocycles. The van der Waals surface area contributed by atoms with Gasteiger partial charge in [0, 0.05) is 21.8 Å². The second kappa shape index (κ2) is 7.67. The molecule has 2 aliphatic rings. The Labute approximate surface area is 164 Å². The van der Waals surface area contributed by atoms with Crippen molar-refractivity contribution in [2.24, 2.45) is 11.3 Å². The first kappa shape index (κ1) is 18.5. The Morgan fingerprint density at radius 3 is 2.78 bits per heavy atom. The molecule has 1 aliphatic heterocycles. The summed E-state index contributed by atoms with van der Waals surface area (Å²) >= 11 is 1.62. The van der Waals surface area contributed by atoms with E-state index in [2.05, 4.69) is 61.1 Å². The van der Waals surface area contributed by atoms with Gasteiger partial charge in [-0.2, -0.15) is 0 Å². The van der Waals surface area contributed by atoms with Gasteiger partial charge in [0.2, 0.25) is 0 Å². The summed E-state index contributed by atoms with van der Waals surface area (Å²) in [4.78, 5) is 1.16. The smallest absolute Gasteiger partial charge is 0.177 e. The first-order chi connectivity index (χ1) is 13.0. The van der Waals surface area contributed by atoms with E-state index in [1.165, 1.54) is 18.4 Å². The van der Waals surface area contributed by atoms with Gasteiger partial charge in [-0.15, -0.1) is 5.10 Å². The van der Waals surface area contributed by atoms with Crippen LogP contribution in [0.25, 0.3) is 0 Å². The Bertz CT molecular complexity index is 867. The molecular formula is C21H25N3O2S. The average molecular weight is 384 g/mol. The Morgan fingerprint density at radius 1 is 1.26 bits per heavy atom. The predicted octanol–water partition coefficient (Wildman–Crippen LogP) is 3.90. The van der Waals surface area contributed by atoms with Crippen LogP contribution in [0.1, 0.15) is 37.8 Å². The number of nitrogens with zero attached hydrogens (tertiary/aromatic N) is 3. The first-order valence-electron chi connectivity index (χ1n) is 9.40. The van der Waals surface area contributed by atoms with E-state index in [9.17, 15) is 0 Å². The summed E-state index contributed by atoms with van der Waals surface area (Å²) in [6, 6.07) is 6.35. The van der Waals surface area contributed by atoms with Gasteiger partial charge in [-0.1, -0.05) is 48.7 Å². The SMILES string of the molecule is Cc1ccc(C#CC2CC2)cc1Sc1cn(CC2OCC(C)(C)CO2)nn1. The zero-order valence-corrected chi connectivity index (χ0v) is 16.9. The molecule has 142 valence electrons. The maximum atomic E-state index is 5.78. The molecule has 4 rings (SSSR count). The molecule has 0 bridgehead atoms. The minimum absolute atomic E-state index is 0.0742. The molecule has 2 fully saturated rings. The third-order valence-corrected chi connectivity index (χ3v) is 5.63. The molecule has 0 unspecified atom stereocenters. The van der Waals surface area contributed by atoms with E-state index in [4.69, 9.17) is 9.47 Å². The molecule has 1 aromatic carbocycles. The van der Waals surface area contributed by atoms with E-state index in [1.807, 2.05) is 6.20 Å². The Hall–Kier alpha value is -1.81. The number of rotatable bonds is 4. The van der Waals surface area contributed by atoms with E-state index in [0.29, 0.717) is 25.7 Å². The van der Waals surface area contributed by atoms with Crippen molar-refractivity contribution in [1.82, 2.24) is 15.0 Å². The van der Waals surface area contributed by atoms with Crippen LogP contribution >= 0.6 is 11.8 Å². The highest BCUT2D eigenvalue weighted by Crippen LogP contribution is 2.31. The van der Waals surface area contributed by atoms with Gasteiger partial charge in [-0.05, 0) is 37.5 Å². The van der Waals surface area contributed by atoms with E-state index in [-0.39, 0.29) is 11.7 Å².